The normalized spacial score (nSPS) is 10.6. The Morgan fingerprint density at radius 2 is 2.21 bits per heavy atom. The molecule has 76 valence electrons. The summed E-state index contributed by atoms with van der Waals surface area (Å²) in [7, 11) is 0. The summed E-state index contributed by atoms with van der Waals surface area (Å²) in [6.45, 7) is 1.49. The van der Waals surface area contributed by atoms with Gasteiger partial charge in [-0.2, -0.15) is 0 Å². The van der Waals surface area contributed by atoms with Gasteiger partial charge in [-0.05, 0) is 44.4 Å². The van der Waals surface area contributed by atoms with Crippen LogP contribution in [-0.4, -0.2) is 9.91 Å². The molecule has 0 spiro atoms. The smallest absolute Gasteiger partial charge is 0.358 e. The lowest BCUT2D eigenvalue weighted by Gasteiger charge is -2.01. The Balaban J connectivity index is 3.35. The molecule has 0 fully saturated rings. The molecule has 0 unspecified atom stereocenters. The maximum Gasteiger partial charge on any atom is 0.378 e. The van der Waals surface area contributed by atoms with E-state index in [1.165, 1.54) is 6.92 Å². The van der Waals surface area contributed by atoms with Gasteiger partial charge >= 0.3 is 12.2 Å². The van der Waals surface area contributed by atoms with E-state index in [9.17, 15) is 18.9 Å². The van der Waals surface area contributed by atoms with Gasteiger partial charge in [0, 0.05) is 0 Å². The van der Waals surface area contributed by atoms with Gasteiger partial charge < -0.3 is 10.1 Å². The van der Waals surface area contributed by atoms with E-state index in [0.29, 0.717) is 5.56 Å². The zero-order valence-corrected chi connectivity index (χ0v) is 8.59. The number of nitro groups is 1. The summed E-state index contributed by atoms with van der Waals surface area (Å²) in [5.41, 5.74) is -0.223. The molecule has 0 aliphatic carbocycles. The maximum atomic E-state index is 12.2. The van der Waals surface area contributed by atoms with Crippen LogP contribution in [0.5, 0.6) is 0 Å². The van der Waals surface area contributed by atoms with E-state index in [1.54, 1.807) is 0 Å². The van der Waals surface area contributed by atoms with Crippen molar-refractivity contribution in [2.75, 3.05) is 0 Å². The van der Waals surface area contributed by atoms with Gasteiger partial charge in [0.25, 0.3) is 0 Å². The minimum atomic E-state index is -2.81. The molecule has 1 aromatic rings. The second-order valence-electron chi connectivity index (χ2n) is 2.56. The van der Waals surface area contributed by atoms with E-state index in [1.807, 2.05) is 0 Å². The molecule has 7 heteroatoms. The lowest BCUT2D eigenvalue weighted by Crippen LogP contribution is -2.00. The molecule has 0 aliphatic heterocycles. The first-order chi connectivity index (χ1) is 6.43. The van der Waals surface area contributed by atoms with Crippen molar-refractivity contribution in [2.45, 2.75) is 13.3 Å². The van der Waals surface area contributed by atoms with Gasteiger partial charge in [0.1, 0.15) is 4.47 Å². The molecule has 0 N–H and O–H groups in total. The molecular formula is C7H5BrF2N2O2. The van der Waals surface area contributed by atoms with Crippen molar-refractivity contribution < 1.29 is 13.7 Å². The summed E-state index contributed by atoms with van der Waals surface area (Å²) in [5.74, 6) is -0.583. The van der Waals surface area contributed by atoms with Crippen molar-refractivity contribution in [1.29, 1.82) is 0 Å². The van der Waals surface area contributed by atoms with E-state index in [-0.39, 0.29) is 4.47 Å². The number of aromatic nitrogens is 1. The van der Waals surface area contributed by atoms with Crippen LogP contribution in [0.1, 0.15) is 17.7 Å². The molecule has 4 nitrogen and oxygen atoms in total. The summed E-state index contributed by atoms with van der Waals surface area (Å²) < 4.78 is 24.6. The number of hydrogen-bond donors (Lipinski definition) is 0. The second kappa shape index (κ2) is 3.95. The van der Waals surface area contributed by atoms with Crippen LogP contribution >= 0.6 is 15.9 Å². The van der Waals surface area contributed by atoms with Crippen molar-refractivity contribution >= 4 is 21.7 Å². The lowest BCUT2D eigenvalue weighted by atomic mass is 10.2. The third-order valence-corrected chi connectivity index (χ3v) is 2.52. The fourth-order valence-electron chi connectivity index (χ4n) is 0.898. The molecule has 0 amide bonds. The van der Waals surface area contributed by atoms with Gasteiger partial charge in [0.2, 0.25) is 5.69 Å². The molecule has 0 aromatic carbocycles. The molecule has 14 heavy (non-hydrogen) atoms. The Labute approximate surface area is 86.2 Å². The van der Waals surface area contributed by atoms with Gasteiger partial charge in [0.15, 0.2) is 0 Å². The van der Waals surface area contributed by atoms with Gasteiger partial charge in [-0.3, -0.25) is 0 Å². The number of aryl methyl sites for hydroxylation is 1. The summed E-state index contributed by atoms with van der Waals surface area (Å²) in [4.78, 5) is 12.9. The Morgan fingerprint density at radius 3 is 2.64 bits per heavy atom. The number of rotatable bonds is 2. The average molecular weight is 267 g/mol. The van der Waals surface area contributed by atoms with Crippen LogP contribution in [0.4, 0.5) is 14.6 Å². The van der Waals surface area contributed by atoms with E-state index in [0.717, 1.165) is 6.07 Å². The average Bonchev–Trinajstić information content (AvgIpc) is 2.08. The molecule has 0 radical (unpaired) electrons. The van der Waals surface area contributed by atoms with E-state index < -0.39 is 22.9 Å². The molecule has 0 atom stereocenters. The topological polar surface area (TPSA) is 56.0 Å². The van der Waals surface area contributed by atoms with Crippen molar-refractivity contribution in [3.8, 4) is 0 Å². The van der Waals surface area contributed by atoms with Crippen LogP contribution in [0.25, 0.3) is 0 Å². The number of halogens is 3. The van der Waals surface area contributed by atoms with Gasteiger partial charge in [0.05, 0.1) is 0 Å². The van der Waals surface area contributed by atoms with Crippen molar-refractivity contribution in [3.63, 3.8) is 0 Å². The Bertz CT molecular complexity index is 384. The molecule has 0 saturated heterocycles. The third-order valence-electron chi connectivity index (χ3n) is 1.54. The first kappa shape index (κ1) is 11.0. The molecule has 0 bridgehead atoms. The van der Waals surface area contributed by atoms with Crippen molar-refractivity contribution in [3.05, 3.63) is 31.9 Å². The first-order valence-electron chi connectivity index (χ1n) is 3.53. The standard InChI is InChI=1S/C7H5BrF2N2O2/c1-3-2-4(6(9)10)11-7(5(3)8)12(13)14/h2,6H,1H3. The fourth-order valence-corrected chi connectivity index (χ4v) is 1.25. The SMILES string of the molecule is Cc1cc(C(F)F)nc([N+](=O)[O-])c1Br. The highest BCUT2D eigenvalue weighted by atomic mass is 79.9. The summed E-state index contributed by atoms with van der Waals surface area (Å²) in [5, 5.41) is 10.4. The van der Waals surface area contributed by atoms with Crippen LogP contribution in [0, 0.1) is 17.0 Å². The highest BCUT2D eigenvalue weighted by Gasteiger charge is 2.23. The highest BCUT2D eigenvalue weighted by molar-refractivity contribution is 9.10. The minimum Gasteiger partial charge on any atom is -0.358 e. The first-order valence-corrected chi connectivity index (χ1v) is 4.32. The molecule has 0 saturated carbocycles. The minimum absolute atomic E-state index is 0.131. The Hall–Kier alpha value is -1.11. The monoisotopic (exact) mass is 266 g/mol. The fraction of sp³-hybridized carbons (Fsp3) is 0.286. The van der Waals surface area contributed by atoms with Crippen LogP contribution in [-0.2, 0) is 0 Å². The highest BCUT2D eigenvalue weighted by Crippen LogP contribution is 2.29. The van der Waals surface area contributed by atoms with Crippen LogP contribution in [0.2, 0.25) is 0 Å². The van der Waals surface area contributed by atoms with Crippen LogP contribution in [0.3, 0.4) is 0 Å². The molecular weight excluding hydrogens is 262 g/mol. The summed E-state index contributed by atoms with van der Waals surface area (Å²) in [6.07, 6.45) is -2.81. The number of pyridine rings is 1. The molecule has 1 aromatic heterocycles. The molecule has 1 rings (SSSR count). The van der Waals surface area contributed by atoms with E-state index >= 15 is 0 Å². The third kappa shape index (κ3) is 2.03. The number of hydrogen-bond acceptors (Lipinski definition) is 3. The van der Waals surface area contributed by atoms with E-state index in [2.05, 4.69) is 20.9 Å². The van der Waals surface area contributed by atoms with Crippen molar-refractivity contribution in [2.24, 2.45) is 0 Å². The Morgan fingerprint density at radius 1 is 1.64 bits per heavy atom. The van der Waals surface area contributed by atoms with Crippen LogP contribution in [0.15, 0.2) is 10.5 Å². The predicted octanol–water partition coefficient (Wildman–Crippen LogP) is 3.00. The zero-order chi connectivity index (χ0) is 10.9. The van der Waals surface area contributed by atoms with Crippen LogP contribution < -0.4 is 0 Å². The summed E-state index contributed by atoms with van der Waals surface area (Å²) in [6, 6.07) is 1.11. The van der Waals surface area contributed by atoms with Crippen molar-refractivity contribution in [1.82, 2.24) is 4.98 Å². The Kier molecular flexibility index (Phi) is 3.10. The number of alkyl halides is 2. The quantitative estimate of drug-likeness (QED) is 0.611. The number of nitrogens with zero attached hydrogens (tertiary/aromatic N) is 2. The lowest BCUT2D eigenvalue weighted by molar-refractivity contribution is -0.390. The van der Waals surface area contributed by atoms with Gasteiger partial charge in [-0.25, -0.2) is 8.78 Å². The molecule has 0 aliphatic rings. The second-order valence-corrected chi connectivity index (χ2v) is 3.35. The largest absolute Gasteiger partial charge is 0.378 e. The zero-order valence-electron chi connectivity index (χ0n) is 7.00. The summed E-state index contributed by atoms with van der Waals surface area (Å²) >= 11 is 2.91. The van der Waals surface area contributed by atoms with Gasteiger partial charge in [-0.1, -0.05) is 0 Å². The predicted molar refractivity (Wildman–Crippen MR) is 48.3 cm³/mol. The maximum absolute atomic E-state index is 12.2. The molecule has 1 heterocycles. The van der Waals surface area contributed by atoms with E-state index in [4.69, 9.17) is 0 Å². The van der Waals surface area contributed by atoms with Gasteiger partial charge in [-0.15, -0.1) is 0 Å².